The first-order valence-corrected chi connectivity index (χ1v) is 4.72. The monoisotopic (exact) mass is 163 g/mol. The second kappa shape index (κ2) is 2.03. The molecule has 0 saturated heterocycles. The van der Waals surface area contributed by atoms with Crippen molar-refractivity contribution in [3.63, 3.8) is 0 Å². The summed E-state index contributed by atoms with van der Waals surface area (Å²) in [5, 5.41) is 4.54. The predicted octanol–water partition coefficient (Wildman–Crippen LogP) is 1.29. The van der Waals surface area contributed by atoms with Crippen LogP contribution in [0.2, 0.25) is 0 Å². The van der Waals surface area contributed by atoms with Crippen molar-refractivity contribution in [1.82, 2.24) is 9.78 Å². The smallest absolute Gasteiger partial charge is 0.125 e. The number of fused-ring (bicyclic) bond motifs is 1. The van der Waals surface area contributed by atoms with Gasteiger partial charge in [0.15, 0.2) is 0 Å². The van der Waals surface area contributed by atoms with Crippen molar-refractivity contribution in [1.29, 1.82) is 0 Å². The van der Waals surface area contributed by atoms with Gasteiger partial charge in [0.2, 0.25) is 0 Å². The third-order valence-electron chi connectivity index (χ3n) is 2.87. The van der Waals surface area contributed by atoms with Crippen molar-refractivity contribution in [2.24, 2.45) is 0 Å². The van der Waals surface area contributed by atoms with Crippen LogP contribution in [0.15, 0.2) is 0 Å². The molecule has 0 bridgehead atoms. The van der Waals surface area contributed by atoms with Crippen molar-refractivity contribution in [3.8, 4) is 0 Å². The van der Waals surface area contributed by atoms with E-state index < -0.39 is 0 Å². The molecular formula is C9H13N3. The predicted molar refractivity (Wildman–Crippen MR) is 46.9 cm³/mol. The van der Waals surface area contributed by atoms with Crippen LogP contribution in [0.1, 0.15) is 36.6 Å². The summed E-state index contributed by atoms with van der Waals surface area (Å²) in [7, 11) is 0. The molecule has 3 heteroatoms. The van der Waals surface area contributed by atoms with Crippen LogP contribution in [0, 0.1) is 0 Å². The number of anilines is 1. The van der Waals surface area contributed by atoms with Crippen LogP contribution in [0.5, 0.6) is 0 Å². The molecule has 1 fully saturated rings. The molecule has 0 atom stereocenters. The zero-order chi connectivity index (χ0) is 8.13. The minimum Gasteiger partial charge on any atom is -0.384 e. The van der Waals surface area contributed by atoms with Crippen molar-refractivity contribution in [2.75, 3.05) is 5.73 Å². The molecular weight excluding hydrogens is 150 g/mol. The zero-order valence-corrected chi connectivity index (χ0v) is 7.08. The average Bonchev–Trinajstić information content (AvgIpc) is 2.71. The van der Waals surface area contributed by atoms with E-state index in [1.807, 2.05) is 4.68 Å². The lowest BCUT2D eigenvalue weighted by Crippen LogP contribution is -2.03. The summed E-state index contributed by atoms with van der Waals surface area (Å²) in [6.45, 7) is 0. The highest BCUT2D eigenvalue weighted by molar-refractivity contribution is 5.46. The number of rotatable bonds is 1. The number of nitrogens with two attached hydrogens (primary N) is 1. The van der Waals surface area contributed by atoms with Gasteiger partial charge in [-0.2, -0.15) is 5.10 Å². The molecule has 0 unspecified atom stereocenters. The van der Waals surface area contributed by atoms with Gasteiger partial charge in [0.05, 0.1) is 11.7 Å². The minimum atomic E-state index is 0.635. The van der Waals surface area contributed by atoms with E-state index in [0.717, 1.165) is 18.7 Å². The van der Waals surface area contributed by atoms with E-state index in [4.69, 9.17) is 5.73 Å². The fraction of sp³-hybridized carbons (Fsp3) is 0.667. The van der Waals surface area contributed by atoms with Crippen LogP contribution in [0.4, 0.5) is 5.82 Å². The summed E-state index contributed by atoms with van der Waals surface area (Å²) < 4.78 is 2.05. The third kappa shape index (κ3) is 0.737. The van der Waals surface area contributed by atoms with Crippen LogP contribution < -0.4 is 5.73 Å². The Kier molecular flexibility index (Phi) is 1.10. The summed E-state index contributed by atoms with van der Waals surface area (Å²) in [6.07, 6.45) is 6.07. The maximum Gasteiger partial charge on any atom is 0.125 e. The van der Waals surface area contributed by atoms with Gasteiger partial charge >= 0.3 is 0 Å². The Morgan fingerprint density at radius 3 is 2.83 bits per heavy atom. The molecule has 1 heterocycles. The van der Waals surface area contributed by atoms with Gasteiger partial charge in [-0.1, -0.05) is 0 Å². The molecule has 2 aliphatic carbocycles. The highest BCUT2D eigenvalue weighted by Crippen LogP contribution is 2.39. The number of aryl methyl sites for hydroxylation is 1. The lowest BCUT2D eigenvalue weighted by atomic mass is 10.2. The van der Waals surface area contributed by atoms with Gasteiger partial charge in [-0.05, 0) is 32.1 Å². The summed E-state index contributed by atoms with van der Waals surface area (Å²) in [5.41, 5.74) is 8.59. The average molecular weight is 163 g/mol. The molecule has 0 aliphatic heterocycles. The summed E-state index contributed by atoms with van der Waals surface area (Å²) in [4.78, 5) is 0. The van der Waals surface area contributed by atoms with Crippen LogP contribution in [-0.4, -0.2) is 9.78 Å². The normalized spacial score (nSPS) is 21.3. The van der Waals surface area contributed by atoms with Crippen molar-refractivity contribution < 1.29 is 0 Å². The molecule has 3 rings (SSSR count). The molecule has 0 spiro atoms. The zero-order valence-electron chi connectivity index (χ0n) is 7.08. The second-order valence-electron chi connectivity index (χ2n) is 3.84. The quantitative estimate of drug-likeness (QED) is 0.678. The van der Waals surface area contributed by atoms with E-state index >= 15 is 0 Å². The largest absolute Gasteiger partial charge is 0.384 e. The Bertz CT molecular complexity index is 323. The van der Waals surface area contributed by atoms with Crippen LogP contribution in [0.25, 0.3) is 0 Å². The molecule has 1 aromatic rings. The van der Waals surface area contributed by atoms with Gasteiger partial charge in [0.1, 0.15) is 5.82 Å². The molecule has 0 aromatic carbocycles. The second-order valence-corrected chi connectivity index (χ2v) is 3.84. The lowest BCUT2D eigenvalue weighted by molar-refractivity contribution is 0.633. The number of aromatic nitrogens is 2. The molecule has 12 heavy (non-hydrogen) atoms. The van der Waals surface area contributed by atoms with Crippen LogP contribution in [-0.2, 0) is 12.8 Å². The Morgan fingerprint density at radius 1 is 1.33 bits per heavy atom. The highest BCUT2D eigenvalue weighted by Gasteiger charge is 2.30. The number of nitrogens with zero attached hydrogens (tertiary/aromatic N) is 2. The number of hydrogen-bond donors (Lipinski definition) is 1. The fourth-order valence-electron chi connectivity index (χ4n) is 2.03. The molecule has 2 N–H and O–H groups in total. The van der Waals surface area contributed by atoms with E-state index in [-0.39, 0.29) is 0 Å². The van der Waals surface area contributed by atoms with Crippen LogP contribution in [0.3, 0.4) is 0 Å². The molecule has 3 nitrogen and oxygen atoms in total. The molecule has 0 radical (unpaired) electrons. The Labute approximate surface area is 71.6 Å². The van der Waals surface area contributed by atoms with Gasteiger partial charge in [-0.15, -0.1) is 0 Å². The van der Waals surface area contributed by atoms with E-state index in [1.165, 1.54) is 30.5 Å². The first-order valence-electron chi connectivity index (χ1n) is 4.72. The Morgan fingerprint density at radius 2 is 2.17 bits per heavy atom. The van der Waals surface area contributed by atoms with Crippen molar-refractivity contribution >= 4 is 5.82 Å². The number of hydrogen-bond acceptors (Lipinski definition) is 2. The molecule has 0 amide bonds. The Balaban J connectivity index is 2.10. The molecule has 64 valence electrons. The van der Waals surface area contributed by atoms with Crippen molar-refractivity contribution in [3.05, 3.63) is 11.3 Å². The van der Waals surface area contributed by atoms with Gasteiger partial charge in [-0.3, -0.25) is 0 Å². The molecule has 1 aromatic heterocycles. The SMILES string of the molecule is Nc1c2c(nn1C1CC1)CCC2. The third-order valence-corrected chi connectivity index (χ3v) is 2.87. The minimum absolute atomic E-state index is 0.635. The van der Waals surface area contributed by atoms with Crippen LogP contribution >= 0.6 is 0 Å². The maximum absolute atomic E-state index is 6.00. The van der Waals surface area contributed by atoms with E-state index in [1.54, 1.807) is 0 Å². The summed E-state index contributed by atoms with van der Waals surface area (Å²) >= 11 is 0. The van der Waals surface area contributed by atoms with E-state index in [2.05, 4.69) is 5.10 Å². The molecule has 2 aliphatic rings. The van der Waals surface area contributed by atoms with Crippen molar-refractivity contribution in [2.45, 2.75) is 38.1 Å². The number of nitrogen functional groups attached to an aromatic ring is 1. The summed E-state index contributed by atoms with van der Waals surface area (Å²) in [5.74, 6) is 0.949. The molecule has 1 saturated carbocycles. The fourth-order valence-corrected chi connectivity index (χ4v) is 2.03. The van der Waals surface area contributed by atoms with Gasteiger partial charge in [0, 0.05) is 5.56 Å². The van der Waals surface area contributed by atoms with Gasteiger partial charge in [-0.25, -0.2) is 4.68 Å². The van der Waals surface area contributed by atoms with E-state index in [9.17, 15) is 0 Å². The first kappa shape index (κ1) is 6.52. The maximum atomic E-state index is 6.00. The topological polar surface area (TPSA) is 43.8 Å². The van der Waals surface area contributed by atoms with Gasteiger partial charge in [0.25, 0.3) is 0 Å². The standard InChI is InChI=1S/C9H13N3/c10-9-7-2-1-3-8(7)11-12(9)6-4-5-6/h6H,1-5,10H2. The Hall–Kier alpha value is -0.990. The van der Waals surface area contributed by atoms with Gasteiger partial charge < -0.3 is 5.73 Å². The highest BCUT2D eigenvalue weighted by atomic mass is 15.3. The lowest BCUT2D eigenvalue weighted by Gasteiger charge is -2.01. The van der Waals surface area contributed by atoms with E-state index in [0.29, 0.717) is 6.04 Å². The summed E-state index contributed by atoms with van der Waals surface area (Å²) in [6, 6.07) is 0.635. The first-order chi connectivity index (χ1) is 5.86.